The Morgan fingerprint density at radius 1 is 1.18 bits per heavy atom. The number of rotatable bonds is 8. The molecular weight excluding hydrogens is 550 g/mol. The Morgan fingerprint density at radius 2 is 1.85 bits per heavy atom. The lowest BCUT2D eigenvalue weighted by Crippen LogP contribution is -2.33. The third kappa shape index (κ3) is 6.23. The molecule has 0 aliphatic heterocycles. The summed E-state index contributed by atoms with van der Waals surface area (Å²) in [7, 11) is -16.6. The van der Waals surface area contributed by atoms with E-state index in [4.69, 9.17) is 39.4 Å². The Hall–Kier alpha value is -0.870. The molecule has 2 aromatic rings. The van der Waals surface area contributed by atoms with Crippen LogP contribution in [-0.2, 0) is 26.8 Å². The normalized spacial score (nSPS) is 27.2. The minimum Gasteiger partial charge on any atom is -0.391 e. The van der Waals surface area contributed by atoms with Crippen molar-refractivity contribution in [3.8, 4) is 12.3 Å². The fourth-order valence-electron chi connectivity index (χ4n) is 3.45. The molecule has 1 fully saturated rings. The summed E-state index contributed by atoms with van der Waals surface area (Å²) in [6.45, 7) is -0.819. The highest BCUT2D eigenvalue weighted by Crippen LogP contribution is 2.66. The molecule has 0 amide bonds. The molecule has 14 nitrogen and oxygen atoms in total. The van der Waals surface area contributed by atoms with E-state index in [1.165, 1.54) is 0 Å². The minimum absolute atomic E-state index is 0.00343. The van der Waals surface area contributed by atoms with E-state index < -0.39 is 47.6 Å². The van der Waals surface area contributed by atoms with E-state index in [9.17, 15) is 28.6 Å². The average molecular weight is 566 g/mol. The van der Waals surface area contributed by atoms with E-state index in [0.29, 0.717) is 11.0 Å². The van der Waals surface area contributed by atoms with Gasteiger partial charge in [-0.1, -0.05) is 17.5 Å². The molecule has 33 heavy (non-hydrogen) atoms. The van der Waals surface area contributed by atoms with Crippen LogP contribution < -0.4 is 0 Å². The van der Waals surface area contributed by atoms with Gasteiger partial charge in [0.05, 0.1) is 23.5 Å². The first-order valence-corrected chi connectivity index (χ1v) is 14.0. The van der Waals surface area contributed by atoms with Crippen LogP contribution in [0.4, 0.5) is 0 Å². The maximum Gasteiger partial charge on any atom is 0.490 e. The second-order valence-electron chi connectivity index (χ2n) is 7.02. The molecule has 0 aromatic carbocycles. The first-order valence-electron chi connectivity index (χ1n) is 8.70. The van der Waals surface area contributed by atoms with Crippen molar-refractivity contribution in [1.29, 1.82) is 0 Å². The number of fused-ring (bicyclic) bond motifs is 1. The molecule has 182 valence electrons. The Morgan fingerprint density at radius 3 is 2.45 bits per heavy atom. The number of aliphatic hydroxyl groups excluding tert-OH is 1. The van der Waals surface area contributed by atoms with Crippen LogP contribution in [0.25, 0.3) is 11.0 Å². The molecule has 0 bridgehead atoms. The molecule has 19 heteroatoms. The van der Waals surface area contributed by atoms with Gasteiger partial charge in [-0.2, -0.15) is 13.6 Å². The van der Waals surface area contributed by atoms with Gasteiger partial charge in [0, 0.05) is 12.2 Å². The van der Waals surface area contributed by atoms with Crippen molar-refractivity contribution in [2.24, 2.45) is 5.41 Å². The van der Waals surface area contributed by atoms with Crippen molar-refractivity contribution in [3.05, 3.63) is 22.7 Å². The summed E-state index contributed by atoms with van der Waals surface area (Å²) in [6.07, 6.45) is 5.99. The highest BCUT2D eigenvalue weighted by atomic mass is 35.5. The lowest BCUT2D eigenvalue weighted by Gasteiger charge is -2.27. The summed E-state index contributed by atoms with van der Waals surface area (Å²) in [4.78, 5) is 44.0. The van der Waals surface area contributed by atoms with Gasteiger partial charge < -0.3 is 29.2 Å². The van der Waals surface area contributed by atoms with E-state index in [-0.39, 0.29) is 23.3 Å². The minimum atomic E-state index is -5.69. The van der Waals surface area contributed by atoms with E-state index in [1.54, 1.807) is 16.8 Å². The quantitative estimate of drug-likeness (QED) is 0.135. The van der Waals surface area contributed by atoms with Gasteiger partial charge in [0.15, 0.2) is 0 Å². The Kier molecular flexibility index (Phi) is 7.53. The zero-order valence-electron chi connectivity index (χ0n) is 16.1. The molecule has 1 aliphatic rings. The SMILES string of the molecule is C#C[C@@]1(COP(=O)(O)OP(=O)(O)OP(=O)(O)O)C[C@H](n2ccc3c(Cl)nc(Cl)nc32)C[C@H]1O. The maximum atomic E-state index is 12.0. The molecule has 2 heterocycles. The molecule has 5 atom stereocenters. The fourth-order valence-corrected chi connectivity index (χ4v) is 6.98. The number of hydrogen-bond donors (Lipinski definition) is 5. The van der Waals surface area contributed by atoms with Gasteiger partial charge in [0.25, 0.3) is 0 Å². The van der Waals surface area contributed by atoms with Crippen molar-refractivity contribution in [1.82, 2.24) is 14.5 Å². The first-order chi connectivity index (χ1) is 15.1. The second-order valence-corrected chi connectivity index (χ2v) is 12.1. The number of terminal acetylenes is 1. The lowest BCUT2D eigenvalue weighted by molar-refractivity contribution is 0.0443. The van der Waals surface area contributed by atoms with Gasteiger partial charge >= 0.3 is 23.5 Å². The zero-order chi connectivity index (χ0) is 24.8. The molecule has 2 unspecified atom stereocenters. The summed E-state index contributed by atoms with van der Waals surface area (Å²) >= 11 is 11.9. The third-order valence-corrected chi connectivity index (χ3v) is 9.05. The molecule has 1 aliphatic carbocycles. The highest BCUT2D eigenvalue weighted by Gasteiger charge is 2.49. The Balaban J connectivity index is 1.78. The maximum absolute atomic E-state index is 12.0. The largest absolute Gasteiger partial charge is 0.490 e. The number of halogens is 2. The number of phosphoric acid groups is 3. The van der Waals surface area contributed by atoms with E-state index in [0.717, 1.165) is 0 Å². The molecule has 5 N–H and O–H groups in total. The summed E-state index contributed by atoms with van der Waals surface area (Å²) in [5.74, 6) is 2.32. The average Bonchev–Trinajstić information content (AvgIpc) is 3.18. The number of nitrogens with zero attached hydrogens (tertiary/aromatic N) is 3. The number of aromatic nitrogens is 3. The van der Waals surface area contributed by atoms with E-state index in [1.807, 2.05) is 0 Å². The van der Waals surface area contributed by atoms with Crippen molar-refractivity contribution in [2.45, 2.75) is 25.0 Å². The molecule has 0 saturated heterocycles. The predicted molar refractivity (Wildman–Crippen MR) is 113 cm³/mol. The topological polar surface area (TPSA) is 211 Å². The van der Waals surface area contributed by atoms with Gasteiger partial charge in [-0.15, -0.1) is 6.42 Å². The number of phosphoric ester groups is 1. The smallest absolute Gasteiger partial charge is 0.391 e. The third-order valence-electron chi connectivity index (χ3n) is 4.81. The fraction of sp³-hybridized carbons (Fsp3) is 0.429. The van der Waals surface area contributed by atoms with Gasteiger partial charge in [0.1, 0.15) is 10.8 Å². The van der Waals surface area contributed by atoms with Gasteiger partial charge in [-0.25, -0.2) is 18.7 Å². The first kappa shape index (κ1) is 26.7. The lowest BCUT2D eigenvalue weighted by atomic mass is 9.86. The highest BCUT2D eigenvalue weighted by molar-refractivity contribution is 7.66. The second kappa shape index (κ2) is 9.30. The number of hydrogen-bond acceptors (Lipinski definition) is 9. The van der Waals surface area contributed by atoms with Crippen molar-refractivity contribution in [3.63, 3.8) is 0 Å². The van der Waals surface area contributed by atoms with Crippen molar-refractivity contribution >= 4 is 57.7 Å². The Bertz CT molecular complexity index is 1260. The Labute approximate surface area is 195 Å². The van der Waals surface area contributed by atoms with Crippen LogP contribution in [0.2, 0.25) is 10.4 Å². The van der Waals surface area contributed by atoms with Gasteiger partial charge in [-0.3, -0.25) is 4.52 Å². The summed E-state index contributed by atoms with van der Waals surface area (Å²) < 4.78 is 47.9. The van der Waals surface area contributed by atoms with Crippen LogP contribution in [0.1, 0.15) is 18.9 Å². The number of aliphatic hydroxyl groups is 1. The van der Waals surface area contributed by atoms with Gasteiger partial charge in [-0.05, 0) is 30.5 Å². The van der Waals surface area contributed by atoms with Gasteiger partial charge in [0.2, 0.25) is 5.28 Å². The zero-order valence-corrected chi connectivity index (χ0v) is 20.3. The van der Waals surface area contributed by atoms with Crippen LogP contribution in [0, 0.1) is 17.8 Å². The molecular formula is C14H16Cl2N3O11P3. The summed E-state index contributed by atoms with van der Waals surface area (Å²) in [5, 5.41) is 11.1. The van der Waals surface area contributed by atoms with Crippen LogP contribution in [0.15, 0.2) is 12.3 Å². The molecule has 2 aromatic heterocycles. The summed E-state index contributed by atoms with van der Waals surface area (Å²) in [6, 6.07) is 1.14. The van der Waals surface area contributed by atoms with Crippen LogP contribution >= 0.6 is 46.7 Å². The van der Waals surface area contributed by atoms with Crippen molar-refractivity contribution < 1.29 is 51.5 Å². The monoisotopic (exact) mass is 565 g/mol. The molecule has 1 saturated carbocycles. The van der Waals surface area contributed by atoms with Crippen LogP contribution in [-0.4, -0.2) is 51.9 Å². The van der Waals surface area contributed by atoms with E-state index in [2.05, 4.69) is 29.0 Å². The predicted octanol–water partition coefficient (Wildman–Crippen LogP) is 2.40. The standard InChI is InChI=1S/C14H16Cl2N3O11P3/c1-2-14(7-28-32(24,25)30-33(26,27)29-31(21,22)23)6-8(5-10(14)20)19-4-3-9-11(15)17-13(16)18-12(9)19/h1,3-4,8,10,20H,5-7H2,(H,24,25)(H,26,27)(H2,21,22,23)/t8-,10-,14+/m1/s1. The van der Waals surface area contributed by atoms with Crippen LogP contribution in [0.3, 0.4) is 0 Å². The van der Waals surface area contributed by atoms with E-state index >= 15 is 0 Å². The molecule has 0 spiro atoms. The van der Waals surface area contributed by atoms with Crippen molar-refractivity contribution in [2.75, 3.05) is 6.61 Å². The molecule has 3 rings (SSSR count). The summed E-state index contributed by atoms with van der Waals surface area (Å²) in [5.41, 5.74) is -1.19. The van der Waals surface area contributed by atoms with Crippen LogP contribution in [0.5, 0.6) is 0 Å². The molecule has 0 radical (unpaired) electrons.